The molecule has 0 saturated carbocycles. The summed E-state index contributed by atoms with van der Waals surface area (Å²) >= 11 is 0. The number of nitrogens with zero attached hydrogens (tertiary/aromatic N) is 4. The summed E-state index contributed by atoms with van der Waals surface area (Å²) in [7, 11) is 3.83. The zero-order chi connectivity index (χ0) is 20.6. The first-order valence-electron chi connectivity index (χ1n) is 9.52. The quantitative estimate of drug-likeness (QED) is 0.682. The van der Waals surface area contributed by atoms with E-state index < -0.39 is 0 Å². The van der Waals surface area contributed by atoms with E-state index in [2.05, 4.69) is 51.1 Å². The molecular weight excluding hydrogens is 368 g/mol. The molecule has 0 atom stereocenters. The molecule has 1 saturated heterocycles. The Morgan fingerprint density at radius 2 is 1.86 bits per heavy atom. The summed E-state index contributed by atoms with van der Waals surface area (Å²) in [5.74, 6) is 0.614. The zero-order valence-corrected chi connectivity index (χ0v) is 16.8. The number of piperazine rings is 1. The Bertz CT molecular complexity index is 938. The molecule has 0 spiro atoms. The van der Waals surface area contributed by atoms with E-state index in [1.807, 2.05) is 24.4 Å². The summed E-state index contributed by atoms with van der Waals surface area (Å²) in [6.07, 6.45) is 1.97. The van der Waals surface area contributed by atoms with Crippen LogP contribution >= 0.6 is 0 Å². The van der Waals surface area contributed by atoms with E-state index in [4.69, 9.17) is 14.6 Å². The second-order valence-electron chi connectivity index (χ2n) is 6.97. The van der Waals surface area contributed by atoms with E-state index in [1.165, 1.54) is 5.56 Å². The smallest absolute Gasteiger partial charge is 0.290 e. The summed E-state index contributed by atoms with van der Waals surface area (Å²) in [5, 5.41) is 7.98. The number of para-hydroxylation sites is 1. The summed E-state index contributed by atoms with van der Waals surface area (Å²) in [6.45, 7) is 5.19. The van der Waals surface area contributed by atoms with Gasteiger partial charge in [0, 0.05) is 44.3 Å². The second kappa shape index (κ2) is 9.95. The molecule has 0 aliphatic carbocycles. The highest BCUT2D eigenvalue weighted by Crippen LogP contribution is 2.30. The molecule has 0 amide bonds. The lowest BCUT2D eigenvalue weighted by molar-refractivity contribution is -0.122. The maximum absolute atomic E-state index is 8.36. The first-order chi connectivity index (χ1) is 14.1. The van der Waals surface area contributed by atoms with Crippen molar-refractivity contribution >= 4 is 17.4 Å². The van der Waals surface area contributed by atoms with Crippen LogP contribution in [0.3, 0.4) is 0 Å². The van der Waals surface area contributed by atoms with Crippen LogP contribution in [-0.2, 0) is 11.3 Å². The molecule has 29 heavy (non-hydrogen) atoms. The van der Waals surface area contributed by atoms with Crippen LogP contribution in [0.25, 0.3) is 22.2 Å². The number of methoxy groups -OCH3 is 1. The molecule has 2 aromatic heterocycles. The minimum atomic E-state index is -0.250. The molecule has 1 N–H and O–H groups in total. The fourth-order valence-electron chi connectivity index (χ4n) is 3.38. The van der Waals surface area contributed by atoms with E-state index in [1.54, 1.807) is 7.11 Å². The summed E-state index contributed by atoms with van der Waals surface area (Å²) in [5.41, 5.74) is 3.99. The number of ether oxygens (including phenoxy) is 1. The SMILES string of the molecule is COc1nc2ccccc2cc1-c1ccc(CN2CCN(C)CC2)cn1.O=CO. The molecule has 7 heteroatoms. The van der Waals surface area contributed by atoms with Gasteiger partial charge in [0.15, 0.2) is 0 Å². The number of fused-ring (bicyclic) bond motifs is 1. The predicted octanol–water partition coefficient (Wildman–Crippen LogP) is 2.75. The van der Waals surface area contributed by atoms with Crippen molar-refractivity contribution in [2.45, 2.75) is 6.54 Å². The average molecular weight is 394 g/mol. The van der Waals surface area contributed by atoms with Crippen LogP contribution < -0.4 is 4.74 Å². The minimum absolute atomic E-state index is 0.250. The maximum atomic E-state index is 8.36. The van der Waals surface area contributed by atoms with Crippen LogP contribution in [0.4, 0.5) is 0 Å². The second-order valence-corrected chi connectivity index (χ2v) is 6.97. The topological polar surface area (TPSA) is 78.8 Å². The number of carboxylic acid groups (broad SMARTS) is 1. The molecule has 0 radical (unpaired) electrons. The average Bonchev–Trinajstić information content (AvgIpc) is 2.75. The standard InChI is InChI=1S/C21H24N4O.CH2O2/c1-24-9-11-25(12-10-24)15-16-7-8-20(22-14-16)18-13-17-5-3-4-6-19(17)23-21(18)26-2;2-1-3/h3-8,13-14H,9-12,15H2,1-2H3;1H,(H,2,3). The lowest BCUT2D eigenvalue weighted by Crippen LogP contribution is -2.43. The van der Waals surface area contributed by atoms with Gasteiger partial charge in [0.25, 0.3) is 6.47 Å². The number of hydrogen-bond donors (Lipinski definition) is 1. The Kier molecular flexibility index (Phi) is 7.10. The van der Waals surface area contributed by atoms with Crippen molar-refractivity contribution in [3.05, 3.63) is 54.2 Å². The highest BCUT2D eigenvalue weighted by molar-refractivity contribution is 5.85. The van der Waals surface area contributed by atoms with Crippen LogP contribution in [-0.4, -0.2) is 71.7 Å². The first kappa shape index (κ1) is 20.7. The minimum Gasteiger partial charge on any atom is -0.483 e. The van der Waals surface area contributed by atoms with Crippen molar-refractivity contribution in [2.75, 3.05) is 40.3 Å². The van der Waals surface area contributed by atoms with Crippen LogP contribution in [0.15, 0.2) is 48.7 Å². The number of pyridine rings is 2. The largest absolute Gasteiger partial charge is 0.483 e. The van der Waals surface area contributed by atoms with Crippen molar-refractivity contribution < 1.29 is 14.6 Å². The normalized spacial score (nSPS) is 14.8. The molecule has 4 rings (SSSR count). The Balaban J connectivity index is 0.000000755. The summed E-state index contributed by atoms with van der Waals surface area (Å²) < 4.78 is 5.51. The van der Waals surface area contributed by atoms with Gasteiger partial charge in [-0.1, -0.05) is 24.3 Å². The van der Waals surface area contributed by atoms with E-state index >= 15 is 0 Å². The fourth-order valence-corrected chi connectivity index (χ4v) is 3.38. The summed E-state index contributed by atoms with van der Waals surface area (Å²) in [6, 6.07) is 14.4. The lowest BCUT2D eigenvalue weighted by Gasteiger charge is -2.32. The third-order valence-electron chi connectivity index (χ3n) is 4.99. The Hall–Kier alpha value is -3.03. The highest BCUT2D eigenvalue weighted by Gasteiger charge is 2.15. The molecule has 3 aromatic rings. The van der Waals surface area contributed by atoms with Gasteiger partial charge < -0.3 is 14.7 Å². The first-order valence-corrected chi connectivity index (χ1v) is 9.52. The number of benzene rings is 1. The molecular formula is C22H26N4O3. The highest BCUT2D eigenvalue weighted by atomic mass is 16.5. The van der Waals surface area contributed by atoms with E-state index in [9.17, 15) is 0 Å². The Morgan fingerprint density at radius 1 is 1.14 bits per heavy atom. The predicted molar refractivity (Wildman–Crippen MR) is 113 cm³/mol. The van der Waals surface area contributed by atoms with Crippen molar-refractivity contribution in [2.24, 2.45) is 0 Å². The van der Waals surface area contributed by atoms with Crippen LogP contribution in [0, 0.1) is 0 Å². The van der Waals surface area contributed by atoms with Gasteiger partial charge in [-0.2, -0.15) is 0 Å². The van der Waals surface area contributed by atoms with Crippen molar-refractivity contribution in [1.82, 2.24) is 19.8 Å². The van der Waals surface area contributed by atoms with Crippen LogP contribution in [0.2, 0.25) is 0 Å². The van der Waals surface area contributed by atoms with Crippen LogP contribution in [0.1, 0.15) is 5.56 Å². The molecule has 3 heterocycles. The van der Waals surface area contributed by atoms with Gasteiger partial charge in [-0.05, 0) is 30.8 Å². The maximum Gasteiger partial charge on any atom is 0.290 e. The van der Waals surface area contributed by atoms with Gasteiger partial charge in [-0.15, -0.1) is 0 Å². The number of hydrogen-bond acceptors (Lipinski definition) is 6. The fraction of sp³-hybridized carbons (Fsp3) is 0.318. The zero-order valence-electron chi connectivity index (χ0n) is 16.8. The van der Waals surface area contributed by atoms with Crippen molar-refractivity contribution in [3.8, 4) is 17.1 Å². The molecule has 0 unspecified atom stereocenters. The van der Waals surface area contributed by atoms with E-state index in [0.717, 1.165) is 54.9 Å². The van der Waals surface area contributed by atoms with Gasteiger partial charge in [0.1, 0.15) is 0 Å². The van der Waals surface area contributed by atoms with E-state index in [-0.39, 0.29) is 6.47 Å². The number of likely N-dealkylation sites (N-methyl/N-ethyl adjacent to an activating group) is 1. The van der Waals surface area contributed by atoms with Gasteiger partial charge in [-0.25, -0.2) is 4.98 Å². The molecule has 1 aromatic carbocycles. The van der Waals surface area contributed by atoms with E-state index in [0.29, 0.717) is 5.88 Å². The third kappa shape index (κ3) is 5.28. The summed E-state index contributed by atoms with van der Waals surface area (Å²) in [4.78, 5) is 22.5. The monoisotopic (exact) mass is 394 g/mol. The van der Waals surface area contributed by atoms with Crippen molar-refractivity contribution in [3.63, 3.8) is 0 Å². The Morgan fingerprint density at radius 3 is 2.52 bits per heavy atom. The van der Waals surface area contributed by atoms with Gasteiger partial charge in [-0.3, -0.25) is 14.7 Å². The van der Waals surface area contributed by atoms with Crippen molar-refractivity contribution in [1.29, 1.82) is 0 Å². The molecule has 1 aliphatic heterocycles. The van der Waals surface area contributed by atoms with Gasteiger partial charge in [0.2, 0.25) is 5.88 Å². The number of carbonyl (C=O) groups is 1. The Labute approximate surface area is 170 Å². The van der Waals surface area contributed by atoms with Gasteiger partial charge in [0.05, 0.1) is 23.9 Å². The lowest BCUT2D eigenvalue weighted by atomic mass is 10.1. The van der Waals surface area contributed by atoms with Crippen LogP contribution in [0.5, 0.6) is 5.88 Å². The molecule has 1 aliphatic rings. The molecule has 1 fully saturated rings. The number of aromatic nitrogens is 2. The molecule has 0 bridgehead atoms. The molecule has 7 nitrogen and oxygen atoms in total. The number of rotatable bonds is 4. The third-order valence-corrected chi connectivity index (χ3v) is 4.99. The van der Waals surface area contributed by atoms with Gasteiger partial charge >= 0.3 is 0 Å². The molecule has 152 valence electrons.